The molecule has 1 amide bonds. The second-order valence-electron chi connectivity index (χ2n) is 4.66. The quantitative estimate of drug-likeness (QED) is 0.783. The third-order valence-electron chi connectivity index (χ3n) is 2.90. The van der Waals surface area contributed by atoms with Crippen molar-refractivity contribution < 1.29 is 4.79 Å². The molecule has 3 nitrogen and oxygen atoms in total. The molecule has 0 atom stereocenters. The maximum atomic E-state index is 11.6. The average molecular weight is 246 g/mol. The molecule has 0 heterocycles. The van der Waals surface area contributed by atoms with Gasteiger partial charge in [-0.05, 0) is 17.0 Å². The summed E-state index contributed by atoms with van der Waals surface area (Å²) in [6.07, 6.45) is 1.72. The number of nitrogens with two attached hydrogens (primary N) is 1. The van der Waals surface area contributed by atoms with Gasteiger partial charge >= 0.3 is 0 Å². The van der Waals surface area contributed by atoms with Gasteiger partial charge in [-0.2, -0.15) is 0 Å². The minimum absolute atomic E-state index is 0.0396. The fourth-order valence-corrected chi connectivity index (χ4v) is 1.77. The summed E-state index contributed by atoms with van der Waals surface area (Å²) in [5.41, 5.74) is 7.81. The molecule has 0 bridgehead atoms. The van der Waals surface area contributed by atoms with E-state index in [0.29, 0.717) is 19.0 Å². The first-order chi connectivity index (χ1) is 8.58. The summed E-state index contributed by atoms with van der Waals surface area (Å²) in [7, 11) is 0. The molecule has 1 aromatic rings. The van der Waals surface area contributed by atoms with E-state index in [-0.39, 0.29) is 12.5 Å². The Bertz CT molecular complexity index is 395. The van der Waals surface area contributed by atoms with E-state index < -0.39 is 0 Å². The molecule has 3 heteroatoms. The van der Waals surface area contributed by atoms with Gasteiger partial charge in [0.05, 0.1) is 6.54 Å². The lowest BCUT2D eigenvalue weighted by Gasteiger charge is -2.20. The zero-order chi connectivity index (χ0) is 13.5. The van der Waals surface area contributed by atoms with Crippen LogP contribution in [0.2, 0.25) is 0 Å². The summed E-state index contributed by atoms with van der Waals surface area (Å²) >= 11 is 0. The Hall–Kier alpha value is -1.61. The minimum Gasteiger partial charge on any atom is -0.334 e. The molecule has 0 saturated carbocycles. The number of carbonyl (C=O) groups excluding carboxylic acids is 1. The number of hydrogen-bond donors (Lipinski definition) is 1. The van der Waals surface area contributed by atoms with Crippen molar-refractivity contribution in [2.24, 2.45) is 5.73 Å². The summed E-state index contributed by atoms with van der Waals surface area (Å²) in [4.78, 5) is 13.3. The SMILES string of the molecule is C=CCN(Cc1ccc(C(C)C)cc1)C(=O)CN. The molecule has 0 spiro atoms. The Morgan fingerprint density at radius 3 is 2.44 bits per heavy atom. The smallest absolute Gasteiger partial charge is 0.236 e. The van der Waals surface area contributed by atoms with Gasteiger partial charge in [-0.25, -0.2) is 0 Å². The molecule has 2 N–H and O–H groups in total. The van der Waals surface area contributed by atoms with Gasteiger partial charge in [0.1, 0.15) is 0 Å². The summed E-state index contributed by atoms with van der Waals surface area (Å²) < 4.78 is 0. The second kappa shape index (κ2) is 6.97. The molecule has 0 fully saturated rings. The van der Waals surface area contributed by atoms with Crippen LogP contribution in [0.4, 0.5) is 0 Å². The minimum atomic E-state index is -0.0529. The molecular formula is C15H22N2O. The fourth-order valence-electron chi connectivity index (χ4n) is 1.77. The molecule has 0 radical (unpaired) electrons. The summed E-state index contributed by atoms with van der Waals surface area (Å²) in [5.74, 6) is 0.469. The van der Waals surface area contributed by atoms with Crippen LogP contribution in [-0.2, 0) is 11.3 Å². The van der Waals surface area contributed by atoms with Crippen LogP contribution >= 0.6 is 0 Å². The zero-order valence-corrected chi connectivity index (χ0v) is 11.2. The molecule has 0 saturated heterocycles. The van der Waals surface area contributed by atoms with Crippen molar-refractivity contribution in [3.63, 3.8) is 0 Å². The lowest BCUT2D eigenvalue weighted by Crippen LogP contribution is -2.35. The van der Waals surface area contributed by atoms with Crippen LogP contribution in [0, 0.1) is 0 Å². The molecule has 0 aliphatic carbocycles. The van der Waals surface area contributed by atoms with E-state index in [1.165, 1.54) is 5.56 Å². The van der Waals surface area contributed by atoms with E-state index in [9.17, 15) is 4.79 Å². The van der Waals surface area contributed by atoms with Gasteiger partial charge in [-0.15, -0.1) is 6.58 Å². The first kappa shape index (κ1) is 14.5. The maximum Gasteiger partial charge on any atom is 0.236 e. The normalized spacial score (nSPS) is 10.4. The van der Waals surface area contributed by atoms with E-state index in [4.69, 9.17) is 5.73 Å². The van der Waals surface area contributed by atoms with Gasteiger partial charge in [0.15, 0.2) is 0 Å². The van der Waals surface area contributed by atoms with E-state index in [2.05, 4.69) is 44.7 Å². The first-order valence-corrected chi connectivity index (χ1v) is 6.26. The van der Waals surface area contributed by atoms with Crippen LogP contribution in [0.3, 0.4) is 0 Å². The summed E-state index contributed by atoms with van der Waals surface area (Å²) in [6, 6.07) is 8.35. The Morgan fingerprint density at radius 1 is 1.39 bits per heavy atom. The van der Waals surface area contributed by atoms with Gasteiger partial charge in [0.2, 0.25) is 5.91 Å². The van der Waals surface area contributed by atoms with E-state index in [1.54, 1.807) is 11.0 Å². The third kappa shape index (κ3) is 4.00. The van der Waals surface area contributed by atoms with Crippen LogP contribution in [0.25, 0.3) is 0 Å². The largest absolute Gasteiger partial charge is 0.334 e. The second-order valence-corrected chi connectivity index (χ2v) is 4.66. The topological polar surface area (TPSA) is 46.3 Å². The number of amides is 1. The van der Waals surface area contributed by atoms with Gasteiger partial charge in [0, 0.05) is 13.1 Å². The number of carbonyl (C=O) groups is 1. The Kier molecular flexibility index (Phi) is 5.59. The Morgan fingerprint density at radius 2 is 2.00 bits per heavy atom. The number of rotatable bonds is 6. The van der Waals surface area contributed by atoms with Crippen LogP contribution in [-0.4, -0.2) is 23.9 Å². The molecule has 0 aliphatic heterocycles. The molecule has 0 unspecified atom stereocenters. The van der Waals surface area contributed by atoms with Crippen molar-refractivity contribution in [3.8, 4) is 0 Å². The van der Waals surface area contributed by atoms with E-state index >= 15 is 0 Å². The molecule has 0 aromatic heterocycles. The average Bonchev–Trinajstić information content (AvgIpc) is 2.38. The third-order valence-corrected chi connectivity index (χ3v) is 2.90. The lowest BCUT2D eigenvalue weighted by atomic mass is 10.0. The number of benzene rings is 1. The van der Waals surface area contributed by atoms with Gasteiger partial charge < -0.3 is 10.6 Å². The highest BCUT2D eigenvalue weighted by atomic mass is 16.2. The predicted molar refractivity (Wildman–Crippen MR) is 75.2 cm³/mol. The van der Waals surface area contributed by atoms with Crippen LogP contribution in [0.1, 0.15) is 30.9 Å². The molecular weight excluding hydrogens is 224 g/mol. The fraction of sp³-hybridized carbons (Fsp3) is 0.400. The monoisotopic (exact) mass is 246 g/mol. The molecule has 98 valence electrons. The number of nitrogens with zero attached hydrogens (tertiary/aromatic N) is 1. The number of hydrogen-bond acceptors (Lipinski definition) is 2. The van der Waals surface area contributed by atoms with Crippen molar-refractivity contribution in [1.82, 2.24) is 4.90 Å². The van der Waals surface area contributed by atoms with E-state index in [0.717, 1.165) is 5.56 Å². The van der Waals surface area contributed by atoms with Crippen LogP contribution < -0.4 is 5.73 Å². The van der Waals surface area contributed by atoms with Gasteiger partial charge in [-0.3, -0.25) is 4.79 Å². The molecule has 0 aliphatic rings. The van der Waals surface area contributed by atoms with E-state index in [1.807, 2.05) is 0 Å². The van der Waals surface area contributed by atoms with Gasteiger partial charge in [-0.1, -0.05) is 44.2 Å². The maximum absolute atomic E-state index is 11.6. The highest BCUT2D eigenvalue weighted by Crippen LogP contribution is 2.15. The highest BCUT2D eigenvalue weighted by Gasteiger charge is 2.10. The predicted octanol–water partition coefficient (Wildman–Crippen LogP) is 2.28. The standard InChI is InChI=1S/C15H22N2O/c1-4-9-17(15(18)10-16)11-13-5-7-14(8-6-13)12(2)3/h4-8,12H,1,9-11,16H2,2-3H3. The van der Waals surface area contributed by atoms with Crippen molar-refractivity contribution in [3.05, 3.63) is 48.0 Å². The van der Waals surface area contributed by atoms with Crippen LogP contribution in [0.5, 0.6) is 0 Å². The summed E-state index contributed by atoms with van der Waals surface area (Å²) in [5, 5.41) is 0. The van der Waals surface area contributed by atoms with Crippen molar-refractivity contribution in [2.45, 2.75) is 26.3 Å². The van der Waals surface area contributed by atoms with Crippen molar-refractivity contribution in [2.75, 3.05) is 13.1 Å². The first-order valence-electron chi connectivity index (χ1n) is 6.26. The van der Waals surface area contributed by atoms with Crippen molar-refractivity contribution >= 4 is 5.91 Å². The lowest BCUT2D eigenvalue weighted by molar-refractivity contribution is -0.129. The van der Waals surface area contributed by atoms with Gasteiger partial charge in [0.25, 0.3) is 0 Å². The highest BCUT2D eigenvalue weighted by molar-refractivity contribution is 5.78. The zero-order valence-electron chi connectivity index (χ0n) is 11.2. The Labute approximate surface area is 109 Å². The Balaban J connectivity index is 2.74. The summed E-state index contributed by atoms with van der Waals surface area (Å²) in [6.45, 7) is 9.14. The molecule has 1 rings (SSSR count). The van der Waals surface area contributed by atoms with Crippen LogP contribution in [0.15, 0.2) is 36.9 Å². The van der Waals surface area contributed by atoms with Crippen molar-refractivity contribution in [1.29, 1.82) is 0 Å². The molecule has 1 aromatic carbocycles. The molecule has 18 heavy (non-hydrogen) atoms.